The standard InChI is InChI=1S/C9H11NO5S/c10-6(9(12)13)3-5-1-2-7(11)8(4-5)16(14)15/h1-2,4,6,11H,3,10H2,(H,12,13)(H,14,15)/p-1/t6-/m0/s1. The number of aliphatic carboxylic acids is 1. The third-order valence-corrected chi connectivity index (χ3v) is 2.66. The van der Waals surface area contributed by atoms with Crippen LogP contribution in [0.5, 0.6) is 5.75 Å². The molecule has 0 saturated heterocycles. The highest BCUT2D eigenvalue weighted by Crippen LogP contribution is 2.21. The predicted octanol–water partition coefficient (Wildman–Crippen LogP) is -0.415. The van der Waals surface area contributed by atoms with E-state index in [0.717, 1.165) is 0 Å². The average Bonchev–Trinajstić information content (AvgIpc) is 2.20. The highest BCUT2D eigenvalue weighted by molar-refractivity contribution is 7.79. The van der Waals surface area contributed by atoms with Crippen LogP contribution in [0.1, 0.15) is 5.56 Å². The molecule has 1 unspecified atom stereocenters. The SMILES string of the molecule is N[C@@H](Cc1ccc(O)c(S(=O)[O-])c1)C(=O)O. The van der Waals surface area contributed by atoms with E-state index in [9.17, 15) is 18.7 Å². The van der Waals surface area contributed by atoms with Crippen LogP contribution in [0.3, 0.4) is 0 Å². The Balaban J connectivity index is 2.95. The fourth-order valence-corrected chi connectivity index (χ4v) is 1.65. The molecule has 0 saturated carbocycles. The van der Waals surface area contributed by atoms with Crippen LogP contribution in [-0.4, -0.2) is 31.0 Å². The maximum absolute atomic E-state index is 10.7. The molecule has 1 aromatic rings. The fraction of sp³-hybridized carbons (Fsp3) is 0.222. The summed E-state index contributed by atoms with van der Waals surface area (Å²) >= 11 is -2.56. The van der Waals surface area contributed by atoms with Gasteiger partial charge in [0.25, 0.3) is 0 Å². The summed E-state index contributed by atoms with van der Waals surface area (Å²) in [6.45, 7) is 0. The Hall–Kier alpha value is -1.44. The third-order valence-electron chi connectivity index (χ3n) is 1.98. The zero-order valence-corrected chi connectivity index (χ0v) is 8.94. The Morgan fingerprint density at radius 2 is 2.19 bits per heavy atom. The Morgan fingerprint density at radius 3 is 2.69 bits per heavy atom. The van der Waals surface area contributed by atoms with Crippen LogP contribution in [0.15, 0.2) is 23.1 Å². The van der Waals surface area contributed by atoms with Gasteiger partial charge in [-0.15, -0.1) is 0 Å². The molecular formula is C9H10NO5S-. The van der Waals surface area contributed by atoms with Crippen LogP contribution in [0.4, 0.5) is 0 Å². The van der Waals surface area contributed by atoms with Crippen LogP contribution in [-0.2, 0) is 22.3 Å². The van der Waals surface area contributed by atoms with Crippen molar-refractivity contribution in [2.24, 2.45) is 5.73 Å². The molecule has 0 radical (unpaired) electrons. The Kier molecular flexibility index (Phi) is 3.99. The number of phenolic OH excluding ortho intramolecular Hbond substituents is 1. The number of carboxylic acids is 1. The molecule has 88 valence electrons. The van der Waals surface area contributed by atoms with Crippen LogP contribution >= 0.6 is 0 Å². The topological polar surface area (TPSA) is 124 Å². The molecule has 0 aliphatic rings. The number of rotatable bonds is 4. The van der Waals surface area contributed by atoms with E-state index in [1.165, 1.54) is 18.2 Å². The number of benzene rings is 1. The van der Waals surface area contributed by atoms with Gasteiger partial charge in [0, 0.05) is 0 Å². The zero-order valence-electron chi connectivity index (χ0n) is 8.12. The molecular weight excluding hydrogens is 234 g/mol. The van der Waals surface area contributed by atoms with Gasteiger partial charge < -0.3 is 20.5 Å². The molecule has 1 aromatic carbocycles. The minimum atomic E-state index is -2.56. The summed E-state index contributed by atoms with van der Waals surface area (Å²) in [5.74, 6) is -1.54. The van der Waals surface area contributed by atoms with Gasteiger partial charge in [-0.3, -0.25) is 9.00 Å². The van der Waals surface area contributed by atoms with Crippen molar-refractivity contribution in [3.63, 3.8) is 0 Å². The van der Waals surface area contributed by atoms with Gasteiger partial charge in [0.1, 0.15) is 11.8 Å². The number of hydrogen-bond donors (Lipinski definition) is 3. The lowest BCUT2D eigenvalue weighted by Crippen LogP contribution is -2.32. The van der Waals surface area contributed by atoms with E-state index < -0.39 is 23.1 Å². The molecule has 1 rings (SSSR count). The summed E-state index contributed by atoms with van der Waals surface area (Å²) in [5.41, 5.74) is 5.73. The largest absolute Gasteiger partial charge is 0.768 e. The van der Waals surface area contributed by atoms with Crippen molar-refractivity contribution in [2.75, 3.05) is 0 Å². The van der Waals surface area contributed by atoms with Crippen LogP contribution in [0.2, 0.25) is 0 Å². The zero-order chi connectivity index (χ0) is 12.3. The second-order valence-electron chi connectivity index (χ2n) is 3.19. The second-order valence-corrected chi connectivity index (χ2v) is 4.09. The highest BCUT2D eigenvalue weighted by Gasteiger charge is 2.13. The molecule has 0 bridgehead atoms. The quantitative estimate of drug-likeness (QED) is 0.618. The van der Waals surface area contributed by atoms with Crippen molar-refractivity contribution >= 4 is 17.0 Å². The molecule has 0 spiro atoms. The number of hydrogen-bond acceptors (Lipinski definition) is 5. The summed E-state index contributed by atoms with van der Waals surface area (Å²) in [6, 6.07) is 2.71. The van der Waals surface area contributed by atoms with Gasteiger partial charge in [-0.05, 0) is 35.2 Å². The number of carbonyl (C=O) groups is 1. The summed E-state index contributed by atoms with van der Waals surface area (Å²) < 4.78 is 21.4. The second kappa shape index (κ2) is 5.06. The maximum Gasteiger partial charge on any atom is 0.320 e. The molecule has 0 aromatic heterocycles. The molecule has 7 heteroatoms. The van der Waals surface area contributed by atoms with E-state index in [1.54, 1.807) is 0 Å². The molecule has 0 aliphatic heterocycles. The van der Waals surface area contributed by atoms with E-state index in [0.29, 0.717) is 5.56 Å². The van der Waals surface area contributed by atoms with Gasteiger partial charge in [-0.1, -0.05) is 6.07 Å². The van der Waals surface area contributed by atoms with Gasteiger partial charge in [-0.2, -0.15) is 0 Å². The molecule has 4 N–H and O–H groups in total. The molecule has 2 atom stereocenters. The van der Waals surface area contributed by atoms with Crippen molar-refractivity contribution < 1.29 is 23.8 Å². The molecule has 0 heterocycles. The van der Waals surface area contributed by atoms with Gasteiger partial charge in [0.15, 0.2) is 0 Å². The smallest absolute Gasteiger partial charge is 0.320 e. The van der Waals surface area contributed by atoms with Crippen LogP contribution < -0.4 is 5.73 Å². The lowest BCUT2D eigenvalue weighted by molar-refractivity contribution is -0.138. The fourth-order valence-electron chi connectivity index (χ4n) is 1.16. The van der Waals surface area contributed by atoms with E-state index in [-0.39, 0.29) is 17.1 Å². The number of nitrogens with two attached hydrogens (primary N) is 1. The first-order chi connectivity index (χ1) is 7.41. The Bertz CT molecular complexity index is 434. The van der Waals surface area contributed by atoms with Crippen LogP contribution in [0.25, 0.3) is 0 Å². The molecule has 0 amide bonds. The molecule has 0 fully saturated rings. The lowest BCUT2D eigenvalue weighted by Gasteiger charge is -2.11. The van der Waals surface area contributed by atoms with Gasteiger partial charge >= 0.3 is 5.97 Å². The minimum Gasteiger partial charge on any atom is -0.768 e. The van der Waals surface area contributed by atoms with E-state index in [2.05, 4.69) is 0 Å². The van der Waals surface area contributed by atoms with E-state index >= 15 is 0 Å². The first kappa shape index (κ1) is 12.6. The number of aromatic hydroxyl groups is 1. The summed E-state index contributed by atoms with van der Waals surface area (Å²) in [4.78, 5) is 10.2. The van der Waals surface area contributed by atoms with E-state index in [1.807, 2.05) is 0 Å². The van der Waals surface area contributed by atoms with Gasteiger partial charge in [0.05, 0.1) is 4.90 Å². The number of phenols is 1. The van der Waals surface area contributed by atoms with Crippen molar-refractivity contribution in [1.82, 2.24) is 0 Å². The first-order valence-electron chi connectivity index (χ1n) is 4.31. The Labute approximate surface area is 94.0 Å². The minimum absolute atomic E-state index is 0.000185. The molecule has 16 heavy (non-hydrogen) atoms. The monoisotopic (exact) mass is 244 g/mol. The summed E-state index contributed by atoms with van der Waals surface area (Å²) in [6.07, 6.45) is -0.000185. The van der Waals surface area contributed by atoms with Gasteiger partial charge in [-0.25, -0.2) is 0 Å². The molecule has 0 aliphatic carbocycles. The number of carboxylic acid groups (broad SMARTS) is 1. The Morgan fingerprint density at radius 1 is 1.56 bits per heavy atom. The van der Waals surface area contributed by atoms with Crippen molar-refractivity contribution in [2.45, 2.75) is 17.4 Å². The van der Waals surface area contributed by atoms with Crippen molar-refractivity contribution in [3.05, 3.63) is 23.8 Å². The van der Waals surface area contributed by atoms with E-state index in [4.69, 9.17) is 10.8 Å². The maximum atomic E-state index is 10.7. The predicted molar refractivity (Wildman–Crippen MR) is 54.6 cm³/mol. The lowest BCUT2D eigenvalue weighted by atomic mass is 10.1. The first-order valence-corrected chi connectivity index (χ1v) is 5.39. The van der Waals surface area contributed by atoms with Crippen molar-refractivity contribution in [1.29, 1.82) is 0 Å². The van der Waals surface area contributed by atoms with Crippen molar-refractivity contribution in [3.8, 4) is 5.75 Å². The molecule has 6 nitrogen and oxygen atoms in total. The summed E-state index contributed by atoms with van der Waals surface area (Å²) in [5, 5.41) is 17.8. The normalized spacial score (nSPS) is 14.4. The van der Waals surface area contributed by atoms with Crippen LogP contribution in [0, 0.1) is 0 Å². The highest BCUT2D eigenvalue weighted by atomic mass is 32.2. The average molecular weight is 244 g/mol. The van der Waals surface area contributed by atoms with Gasteiger partial charge in [0.2, 0.25) is 0 Å². The summed E-state index contributed by atoms with van der Waals surface area (Å²) in [7, 11) is 0. The third kappa shape index (κ3) is 3.02.